The van der Waals surface area contributed by atoms with Gasteiger partial charge >= 0.3 is 6.09 Å². The molecule has 26 heteroatoms. The van der Waals surface area contributed by atoms with Gasteiger partial charge in [0.1, 0.15) is 42.3 Å². The fourth-order valence-electron chi connectivity index (χ4n) is 7.43. The molecule has 0 bridgehead atoms. The average molecular weight is 1100 g/mol. The van der Waals surface area contributed by atoms with Crippen molar-refractivity contribution in [3.8, 4) is 34.3 Å². The number of anilines is 4. The first-order valence-electron chi connectivity index (χ1n) is 24.4. The van der Waals surface area contributed by atoms with E-state index in [0.29, 0.717) is 76.2 Å². The fraction of sp³-hybridized carbons (Fsp3) is 0.264. The summed E-state index contributed by atoms with van der Waals surface area (Å²) in [7, 11) is 6.33. The van der Waals surface area contributed by atoms with Gasteiger partial charge in [-0.1, -0.05) is 0 Å². The van der Waals surface area contributed by atoms with E-state index in [2.05, 4.69) is 53.6 Å². The van der Waals surface area contributed by atoms with Gasteiger partial charge in [-0.2, -0.15) is 19.3 Å². The topological polar surface area (TPSA) is 247 Å². The number of halogens is 4. The second-order valence-electron chi connectivity index (χ2n) is 18.9. The molecule has 2 aromatic carbocycles. The Bertz CT molecular complexity index is 3430. The van der Waals surface area contributed by atoms with Gasteiger partial charge in [-0.3, -0.25) is 24.1 Å². The van der Waals surface area contributed by atoms with Crippen LogP contribution < -0.4 is 20.9 Å². The third-order valence-corrected chi connectivity index (χ3v) is 11.8. The van der Waals surface area contributed by atoms with Crippen molar-refractivity contribution in [1.82, 2.24) is 39.5 Å². The number of rotatable bonds is 18. The number of hydrogen-bond donors (Lipinski definition) is 3. The molecule has 8 aromatic rings. The third-order valence-electron chi connectivity index (χ3n) is 11.8. The normalized spacial score (nSPS) is 12.9. The quantitative estimate of drug-likeness (QED) is 0.0313. The van der Waals surface area contributed by atoms with Crippen LogP contribution in [0.25, 0.3) is 34.3 Å². The number of hydrogen-bond acceptors (Lipinski definition) is 15. The number of carbonyl (C=O) groups is 5. The highest BCUT2D eigenvalue weighted by Gasteiger charge is 2.32. The molecule has 0 spiro atoms. The molecule has 10 rings (SSSR count). The highest BCUT2D eigenvalue weighted by atomic mass is 31.0. The van der Waals surface area contributed by atoms with Crippen LogP contribution in [0.4, 0.5) is 45.4 Å². The zero-order valence-corrected chi connectivity index (χ0v) is 43.7. The molecule has 2 radical (unpaired) electrons. The molecular weight excluding hydrogens is 1050 g/mol. The van der Waals surface area contributed by atoms with Crippen molar-refractivity contribution in [3.05, 3.63) is 144 Å². The van der Waals surface area contributed by atoms with E-state index in [1.165, 1.54) is 70.0 Å². The standard InChI is InChI=1S/C29H28F2N6O5.C24H20F2N6O3.BH2P/c1-29(2,3)42-28(40)36(13-17-4-5-17)23-12-19(10-11-32-23)27-34-22(16-41-27)26(39)33-21-14-37(35-24(21)25(30)31)20-8-6-18(15-38)7-9-20;25-22(26)21-18(11-32(31-21)17-5-3-15(12-33)4-6-17)29-23(34)19-13-35-24(30-19)16-7-8-27-20(9-16)28-10-14-1-2-14;1-2/h6-12,14-17,25H,4-5,13H2,1-3H3,(H,33,39);3-9,11-14,22H,1-2,10H2,(H,27,28)(H,29,34);2H2. The molecule has 0 aliphatic heterocycles. The molecule has 2 aliphatic carbocycles. The first-order valence-corrected chi connectivity index (χ1v) is 25.1. The van der Waals surface area contributed by atoms with Gasteiger partial charge in [0, 0.05) is 47.7 Å². The molecular formula is C53H50BF4N12O8P. The predicted molar refractivity (Wildman–Crippen MR) is 286 cm³/mol. The van der Waals surface area contributed by atoms with Crippen molar-refractivity contribution in [2.45, 2.75) is 64.9 Å². The average Bonchev–Trinajstić information content (AvgIpc) is 4.31. The second-order valence-corrected chi connectivity index (χ2v) is 18.9. The number of ether oxygens (including phenoxy) is 1. The second kappa shape index (κ2) is 25.1. The summed E-state index contributed by atoms with van der Waals surface area (Å²) < 4.78 is 73.6. The smallest absolute Gasteiger partial charge is 0.416 e. The van der Waals surface area contributed by atoms with Crippen molar-refractivity contribution in [2.24, 2.45) is 11.8 Å². The number of aldehydes is 2. The molecule has 2 aliphatic rings. The zero-order chi connectivity index (χ0) is 56.4. The molecule has 406 valence electrons. The number of amides is 3. The van der Waals surface area contributed by atoms with Gasteiger partial charge in [-0.05, 0) is 131 Å². The van der Waals surface area contributed by atoms with Gasteiger partial charge in [0.05, 0.1) is 42.7 Å². The maximum Gasteiger partial charge on any atom is 0.416 e. The van der Waals surface area contributed by atoms with E-state index in [-0.39, 0.29) is 34.5 Å². The first-order chi connectivity index (χ1) is 38.0. The lowest BCUT2D eigenvalue weighted by molar-refractivity contribution is 0.0576. The number of nitrogens with zero attached hydrogens (tertiary/aromatic N) is 9. The highest BCUT2D eigenvalue weighted by Crippen LogP contribution is 2.34. The Morgan fingerprint density at radius 1 is 0.722 bits per heavy atom. The Balaban J connectivity index is 0.000000205. The van der Waals surface area contributed by atoms with Crippen molar-refractivity contribution >= 4 is 70.2 Å². The summed E-state index contributed by atoms with van der Waals surface area (Å²) in [5, 5.41) is 15.9. The van der Waals surface area contributed by atoms with Crippen molar-refractivity contribution in [2.75, 3.05) is 33.9 Å². The van der Waals surface area contributed by atoms with E-state index in [1.54, 1.807) is 75.5 Å². The minimum Gasteiger partial charge on any atom is -0.444 e. The lowest BCUT2D eigenvalue weighted by Crippen LogP contribution is -2.38. The van der Waals surface area contributed by atoms with Gasteiger partial charge in [-0.25, -0.2) is 51.7 Å². The molecule has 0 saturated heterocycles. The van der Waals surface area contributed by atoms with E-state index in [0.717, 1.165) is 31.9 Å². The Morgan fingerprint density at radius 2 is 1.19 bits per heavy atom. The summed E-state index contributed by atoms with van der Waals surface area (Å²) in [6.07, 6.45) is 7.24. The fourth-order valence-corrected chi connectivity index (χ4v) is 7.43. The first kappa shape index (κ1) is 56.4. The molecule has 20 nitrogen and oxygen atoms in total. The van der Waals surface area contributed by atoms with Gasteiger partial charge in [0.15, 0.2) is 22.8 Å². The Kier molecular flexibility index (Phi) is 17.9. The largest absolute Gasteiger partial charge is 0.444 e. The number of aromatic nitrogens is 8. The number of alkyl halides is 4. The minimum absolute atomic E-state index is 0.0689. The molecule has 79 heavy (non-hydrogen) atoms. The molecule has 6 aromatic heterocycles. The van der Waals surface area contributed by atoms with Gasteiger partial charge in [0.2, 0.25) is 11.8 Å². The highest BCUT2D eigenvalue weighted by molar-refractivity contribution is 7.49. The Hall–Kier alpha value is -8.86. The molecule has 3 N–H and O–H groups in total. The van der Waals surface area contributed by atoms with Gasteiger partial charge in [-0.15, -0.1) is 0 Å². The van der Waals surface area contributed by atoms with E-state index < -0.39 is 47.7 Å². The lowest BCUT2D eigenvalue weighted by atomic mass is 10.2. The number of nitrogens with one attached hydrogen (secondary N) is 3. The molecule has 6 heterocycles. The van der Waals surface area contributed by atoms with Crippen LogP contribution in [0.5, 0.6) is 0 Å². The number of benzene rings is 2. The van der Waals surface area contributed by atoms with Crippen LogP contribution in [-0.4, -0.2) is 96.2 Å². The monoisotopic (exact) mass is 1100 g/mol. The Labute approximate surface area is 452 Å². The van der Waals surface area contributed by atoms with Crippen LogP contribution in [0.1, 0.15) is 112 Å². The minimum atomic E-state index is -2.97. The number of oxazole rings is 2. The number of pyridine rings is 2. The van der Waals surface area contributed by atoms with Crippen molar-refractivity contribution in [3.63, 3.8) is 0 Å². The van der Waals surface area contributed by atoms with Crippen LogP contribution in [0.15, 0.2) is 119 Å². The van der Waals surface area contributed by atoms with E-state index in [9.17, 15) is 41.5 Å². The van der Waals surface area contributed by atoms with Gasteiger partial charge < -0.3 is 29.5 Å². The van der Waals surface area contributed by atoms with Crippen LogP contribution in [0.2, 0.25) is 0 Å². The number of carbonyl (C=O) groups excluding carboxylic acids is 5. The van der Waals surface area contributed by atoms with Gasteiger partial charge in [0.25, 0.3) is 24.7 Å². The third kappa shape index (κ3) is 14.8. The van der Waals surface area contributed by atoms with Crippen LogP contribution in [0, 0.1) is 11.8 Å². The predicted octanol–water partition coefficient (Wildman–Crippen LogP) is 10.8. The van der Waals surface area contributed by atoms with Crippen LogP contribution in [0.3, 0.4) is 0 Å². The Morgan fingerprint density at radius 3 is 1.63 bits per heavy atom. The molecule has 2 saturated carbocycles. The zero-order valence-electron chi connectivity index (χ0n) is 42.6. The van der Waals surface area contributed by atoms with Crippen LogP contribution >= 0.6 is 9.12 Å². The molecule has 1 atom stereocenters. The lowest BCUT2D eigenvalue weighted by Gasteiger charge is -2.27. The summed E-state index contributed by atoms with van der Waals surface area (Å²) in [5.74, 6) is 0.808. The molecule has 1 unspecified atom stereocenters. The van der Waals surface area contributed by atoms with Crippen LogP contribution in [-0.2, 0) is 4.74 Å². The van der Waals surface area contributed by atoms with Crippen molar-refractivity contribution < 1.29 is 55.1 Å². The summed E-state index contributed by atoms with van der Waals surface area (Å²) in [5.41, 5.74) is 0.258. The maximum atomic E-state index is 13.7. The summed E-state index contributed by atoms with van der Waals surface area (Å²) in [6, 6.07) is 19.0. The molecule has 3 amide bonds. The maximum absolute atomic E-state index is 13.7. The van der Waals surface area contributed by atoms with E-state index in [1.807, 2.05) is 9.12 Å². The summed E-state index contributed by atoms with van der Waals surface area (Å²) >= 11 is 0. The van der Waals surface area contributed by atoms with E-state index in [4.69, 9.17) is 13.6 Å². The van der Waals surface area contributed by atoms with Crippen molar-refractivity contribution in [1.29, 1.82) is 0 Å². The SMILES string of the molecule is CC(C)(C)OC(=O)N(CC1CC1)c1cc(-c2nc(C(=O)Nc3cn(-c4ccc(C=O)cc4)nc3C(F)F)co2)ccn1.O=Cc1ccc(-n2cc(NC(=O)c3coc(-c4ccnc(NCC5CC5)c4)n3)c(C(F)F)n2)cc1.[B]P. The summed E-state index contributed by atoms with van der Waals surface area (Å²) in [6.45, 7) is 6.64. The molecule has 2 fully saturated rings. The summed E-state index contributed by atoms with van der Waals surface area (Å²) in [4.78, 5) is 78.9. The van der Waals surface area contributed by atoms with E-state index >= 15 is 0 Å².